The summed E-state index contributed by atoms with van der Waals surface area (Å²) in [4.78, 5) is 0. The van der Waals surface area contributed by atoms with Gasteiger partial charge in [0, 0.05) is 23.6 Å². The molecule has 1 aliphatic rings. The molecule has 3 nitrogen and oxygen atoms in total. The predicted molar refractivity (Wildman–Crippen MR) is 72.2 cm³/mol. The Morgan fingerprint density at radius 3 is 3.00 bits per heavy atom. The van der Waals surface area contributed by atoms with Crippen molar-refractivity contribution < 1.29 is 9.47 Å². The Morgan fingerprint density at radius 2 is 2.28 bits per heavy atom. The molecular formula is C14H15NO2S. The normalized spacial score (nSPS) is 22.1. The van der Waals surface area contributed by atoms with Crippen molar-refractivity contribution in [2.75, 3.05) is 7.11 Å². The number of benzene rings is 1. The van der Waals surface area contributed by atoms with E-state index >= 15 is 0 Å². The second-order valence-electron chi connectivity index (χ2n) is 4.41. The number of nitrogens with two attached hydrogens (primary N) is 1. The summed E-state index contributed by atoms with van der Waals surface area (Å²) in [6.07, 6.45) is 0.865. The number of fused-ring (bicyclic) bond motifs is 1. The van der Waals surface area contributed by atoms with Gasteiger partial charge in [-0.1, -0.05) is 0 Å². The number of thiophene rings is 1. The highest BCUT2D eigenvalue weighted by Gasteiger charge is 2.27. The first-order chi connectivity index (χ1) is 8.78. The molecule has 0 amide bonds. The van der Waals surface area contributed by atoms with Crippen LogP contribution in [0.15, 0.2) is 35.0 Å². The fraction of sp³-hybridized carbons (Fsp3) is 0.286. The van der Waals surface area contributed by atoms with E-state index in [9.17, 15) is 0 Å². The van der Waals surface area contributed by atoms with Crippen molar-refractivity contribution in [1.82, 2.24) is 0 Å². The van der Waals surface area contributed by atoms with E-state index in [-0.39, 0.29) is 12.1 Å². The topological polar surface area (TPSA) is 44.5 Å². The van der Waals surface area contributed by atoms with Gasteiger partial charge in [-0.15, -0.1) is 0 Å². The third-order valence-electron chi connectivity index (χ3n) is 3.27. The molecule has 0 radical (unpaired) electrons. The molecule has 0 saturated carbocycles. The first-order valence-corrected chi connectivity index (χ1v) is 6.84. The Kier molecular flexibility index (Phi) is 2.97. The van der Waals surface area contributed by atoms with Crippen LogP contribution in [0.2, 0.25) is 0 Å². The smallest absolute Gasteiger partial charge is 0.126 e. The molecule has 4 heteroatoms. The van der Waals surface area contributed by atoms with Crippen molar-refractivity contribution in [2.24, 2.45) is 5.73 Å². The number of rotatable bonds is 2. The van der Waals surface area contributed by atoms with Crippen molar-refractivity contribution in [2.45, 2.75) is 18.6 Å². The number of hydrogen-bond donors (Lipinski definition) is 1. The van der Waals surface area contributed by atoms with Crippen LogP contribution in [-0.2, 0) is 0 Å². The van der Waals surface area contributed by atoms with Crippen LogP contribution in [0.4, 0.5) is 0 Å². The van der Waals surface area contributed by atoms with Crippen molar-refractivity contribution >= 4 is 11.3 Å². The van der Waals surface area contributed by atoms with Gasteiger partial charge >= 0.3 is 0 Å². The Morgan fingerprint density at radius 1 is 1.39 bits per heavy atom. The largest absolute Gasteiger partial charge is 0.497 e. The molecule has 0 aliphatic carbocycles. The van der Waals surface area contributed by atoms with Crippen LogP contribution < -0.4 is 15.2 Å². The fourth-order valence-corrected chi connectivity index (χ4v) is 2.97. The van der Waals surface area contributed by atoms with Gasteiger partial charge < -0.3 is 15.2 Å². The van der Waals surface area contributed by atoms with Crippen molar-refractivity contribution in [3.8, 4) is 11.5 Å². The van der Waals surface area contributed by atoms with E-state index in [1.165, 1.54) is 5.56 Å². The summed E-state index contributed by atoms with van der Waals surface area (Å²) in [7, 11) is 1.66. The van der Waals surface area contributed by atoms with Crippen LogP contribution in [0.3, 0.4) is 0 Å². The first-order valence-electron chi connectivity index (χ1n) is 5.90. The summed E-state index contributed by atoms with van der Waals surface area (Å²) in [6.45, 7) is 0. The quantitative estimate of drug-likeness (QED) is 0.902. The summed E-state index contributed by atoms with van der Waals surface area (Å²) in [5.41, 5.74) is 8.47. The van der Waals surface area contributed by atoms with Gasteiger partial charge in [-0.3, -0.25) is 0 Å². The number of hydrogen-bond acceptors (Lipinski definition) is 4. The molecule has 0 fully saturated rings. The Bertz CT molecular complexity index is 539. The van der Waals surface area contributed by atoms with Gasteiger partial charge in [0.2, 0.25) is 0 Å². The van der Waals surface area contributed by atoms with Crippen molar-refractivity contribution in [1.29, 1.82) is 0 Å². The van der Waals surface area contributed by atoms with Crippen LogP contribution in [0.25, 0.3) is 0 Å². The molecule has 18 heavy (non-hydrogen) atoms. The van der Waals surface area contributed by atoms with Gasteiger partial charge in [0.25, 0.3) is 0 Å². The SMILES string of the molecule is COc1ccc2c(c1)[C@@H](N)CC(c1ccsc1)O2. The van der Waals surface area contributed by atoms with Gasteiger partial charge in [0.05, 0.1) is 7.11 Å². The maximum atomic E-state index is 6.23. The van der Waals surface area contributed by atoms with Crippen LogP contribution in [-0.4, -0.2) is 7.11 Å². The molecule has 0 bridgehead atoms. The first kappa shape index (κ1) is 11.6. The highest BCUT2D eigenvalue weighted by atomic mass is 32.1. The van der Waals surface area contributed by atoms with Crippen LogP contribution in [0.1, 0.15) is 29.7 Å². The zero-order valence-electron chi connectivity index (χ0n) is 10.1. The zero-order valence-corrected chi connectivity index (χ0v) is 10.9. The van der Waals surface area contributed by atoms with E-state index in [0.29, 0.717) is 0 Å². The third-order valence-corrected chi connectivity index (χ3v) is 3.97. The zero-order chi connectivity index (χ0) is 12.5. The predicted octanol–water partition coefficient (Wildman–Crippen LogP) is 3.28. The van der Waals surface area contributed by atoms with Crippen LogP contribution >= 0.6 is 11.3 Å². The molecule has 0 saturated heterocycles. The van der Waals surface area contributed by atoms with Gasteiger partial charge in [-0.05, 0) is 35.0 Å². The van der Waals surface area contributed by atoms with Crippen molar-refractivity contribution in [3.05, 3.63) is 46.2 Å². The lowest BCUT2D eigenvalue weighted by molar-refractivity contribution is 0.161. The maximum absolute atomic E-state index is 6.23. The Labute approximate surface area is 110 Å². The maximum Gasteiger partial charge on any atom is 0.126 e. The lowest BCUT2D eigenvalue weighted by Gasteiger charge is -2.30. The van der Waals surface area contributed by atoms with Crippen LogP contribution in [0, 0.1) is 0 Å². The molecule has 2 N–H and O–H groups in total. The highest BCUT2D eigenvalue weighted by molar-refractivity contribution is 7.07. The summed E-state index contributed by atoms with van der Waals surface area (Å²) in [5.74, 6) is 1.69. The third kappa shape index (κ3) is 1.98. The molecular weight excluding hydrogens is 246 g/mol. The minimum atomic E-state index is -0.00579. The molecule has 94 valence electrons. The average Bonchev–Trinajstić information content (AvgIpc) is 2.92. The summed E-state index contributed by atoms with van der Waals surface area (Å²) < 4.78 is 11.2. The molecule has 1 aromatic heterocycles. The standard InChI is InChI=1S/C14H15NO2S/c1-16-10-2-3-13-11(6-10)12(15)7-14(17-13)9-4-5-18-8-9/h2-6,8,12,14H,7,15H2,1H3/t12-,14?/m0/s1. The minimum Gasteiger partial charge on any atom is -0.497 e. The molecule has 1 aliphatic heterocycles. The van der Waals surface area contributed by atoms with E-state index in [2.05, 4.69) is 16.8 Å². The molecule has 3 rings (SSSR count). The molecule has 2 heterocycles. The highest BCUT2D eigenvalue weighted by Crippen LogP contribution is 2.41. The van der Waals surface area contributed by atoms with Gasteiger partial charge in [-0.2, -0.15) is 11.3 Å². The Hall–Kier alpha value is -1.52. The van der Waals surface area contributed by atoms with E-state index < -0.39 is 0 Å². The fourth-order valence-electron chi connectivity index (χ4n) is 2.27. The Balaban J connectivity index is 1.93. The van der Waals surface area contributed by atoms with E-state index in [0.717, 1.165) is 23.5 Å². The van der Waals surface area contributed by atoms with Gasteiger partial charge in [0.15, 0.2) is 0 Å². The van der Waals surface area contributed by atoms with Crippen LogP contribution in [0.5, 0.6) is 11.5 Å². The monoisotopic (exact) mass is 261 g/mol. The van der Waals surface area contributed by atoms with Gasteiger partial charge in [-0.25, -0.2) is 0 Å². The minimum absolute atomic E-state index is 0.00579. The van der Waals surface area contributed by atoms with E-state index in [4.69, 9.17) is 15.2 Å². The van der Waals surface area contributed by atoms with E-state index in [1.807, 2.05) is 18.2 Å². The summed E-state index contributed by atoms with van der Waals surface area (Å²) in [6, 6.07) is 7.89. The molecule has 1 aromatic carbocycles. The second kappa shape index (κ2) is 4.63. The molecule has 2 atom stereocenters. The second-order valence-corrected chi connectivity index (χ2v) is 5.19. The molecule has 0 spiro atoms. The summed E-state index contributed by atoms with van der Waals surface area (Å²) in [5, 5.41) is 4.18. The molecule has 2 aromatic rings. The molecule has 1 unspecified atom stereocenters. The lowest BCUT2D eigenvalue weighted by Crippen LogP contribution is -2.23. The lowest BCUT2D eigenvalue weighted by atomic mass is 9.94. The van der Waals surface area contributed by atoms with Crippen molar-refractivity contribution in [3.63, 3.8) is 0 Å². The number of ether oxygens (including phenoxy) is 2. The number of methoxy groups -OCH3 is 1. The average molecular weight is 261 g/mol. The summed E-state index contributed by atoms with van der Waals surface area (Å²) >= 11 is 1.68. The van der Waals surface area contributed by atoms with E-state index in [1.54, 1.807) is 18.4 Å². The van der Waals surface area contributed by atoms with Gasteiger partial charge in [0.1, 0.15) is 17.6 Å².